The minimum Gasteiger partial charge on any atom is -0.508 e. The number of carbonyl (C=O) groups is 2. The number of rotatable bonds is 6. The average Bonchev–Trinajstić information content (AvgIpc) is 2.98. The summed E-state index contributed by atoms with van der Waals surface area (Å²) in [7, 11) is 0. The van der Waals surface area contributed by atoms with Gasteiger partial charge in [-0.1, -0.05) is 60.7 Å². The minimum absolute atomic E-state index is 0.0632. The van der Waals surface area contributed by atoms with Crippen LogP contribution < -0.4 is 9.47 Å². The van der Waals surface area contributed by atoms with Crippen LogP contribution in [0.4, 0.5) is 0 Å². The lowest BCUT2D eigenvalue weighted by Crippen LogP contribution is -2.14. The highest BCUT2D eigenvalue weighted by Crippen LogP contribution is 2.56. The molecule has 0 aliphatic heterocycles. The van der Waals surface area contributed by atoms with E-state index in [-0.39, 0.29) is 56.4 Å². The zero-order valence-corrected chi connectivity index (χ0v) is 20.8. The van der Waals surface area contributed by atoms with Crippen molar-refractivity contribution in [1.82, 2.24) is 0 Å². The standard InChI is InChI=1S/C32H22O8/c33-23-15-11-19(12-16-23)25-27(35)28(36)26(20-13-17-24(34)18-14-20)30(40-32(38)22-9-5-2-6-10-22)29(25)39-31(37)21-7-3-1-4-8-21/h1-18,33-36H. The second kappa shape index (κ2) is 10.9. The van der Waals surface area contributed by atoms with Gasteiger partial charge in [0.05, 0.1) is 22.3 Å². The first-order valence-electron chi connectivity index (χ1n) is 12.1. The predicted molar refractivity (Wildman–Crippen MR) is 147 cm³/mol. The maximum absolute atomic E-state index is 13.3. The van der Waals surface area contributed by atoms with Gasteiger partial charge < -0.3 is 29.9 Å². The van der Waals surface area contributed by atoms with E-state index in [0.717, 1.165) is 0 Å². The van der Waals surface area contributed by atoms with Gasteiger partial charge in [0, 0.05) is 0 Å². The van der Waals surface area contributed by atoms with Crippen molar-refractivity contribution in [3.63, 3.8) is 0 Å². The lowest BCUT2D eigenvalue weighted by atomic mass is 9.95. The van der Waals surface area contributed by atoms with Crippen molar-refractivity contribution < 1.29 is 39.5 Å². The van der Waals surface area contributed by atoms with Crippen LogP contribution in [0.1, 0.15) is 20.7 Å². The Kier molecular flexibility index (Phi) is 7.07. The maximum Gasteiger partial charge on any atom is 0.343 e. The van der Waals surface area contributed by atoms with Gasteiger partial charge in [-0.15, -0.1) is 0 Å². The largest absolute Gasteiger partial charge is 0.508 e. The summed E-state index contributed by atoms with van der Waals surface area (Å²) < 4.78 is 11.6. The van der Waals surface area contributed by atoms with Gasteiger partial charge in [-0.05, 0) is 59.7 Å². The fraction of sp³-hybridized carbons (Fsp3) is 0. The first kappa shape index (κ1) is 25.9. The Morgan fingerprint density at radius 2 is 0.775 bits per heavy atom. The molecule has 0 saturated heterocycles. The summed E-state index contributed by atoms with van der Waals surface area (Å²) in [5, 5.41) is 42.2. The predicted octanol–water partition coefficient (Wildman–Crippen LogP) is 6.28. The SMILES string of the molecule is O=C(Oc1c(OC(=O)c2ccccc2)c(-c2ccc(O)cc2)c(O)c(O)c1-c1ccc(O)cc1)c1ccccc1. The summed E-state index contributed by atoms with van der Waals surface area (Å²) in [6, 6.07) is 27.3. The molecule has 8 nitrogen and oxygen atoms in total. The highest BCUT2D eigenvalue weighted by Gasteiger charge is 2.31. The van der Waals surface area contributed by atoms with Gasteiger partial charge in [-0.2, -0.15) is 0 Å². The van der Waals surface area contributed by atoms with Crippen molar-refractivity contribution in [2.75, 3.05) is 0 Å². The molecule has 0 aliphatic rings. The molecule has 0 heterocycles. The topological polar surface area (TPSA) is 134 Å². The van der Waals surface area contributed by atoms with E-state index in [0.29, 0.717) is 0 Å². The van der Waals surface area contributed by atoms with Crippen molar-refractivity contribution in [2.45, 2.75) is 0 Å². The second-order valence-corrected chi connectivity index (χ2v) is 8.71. The van der Waals surface area contributed by atoms with Gasteiger partial charge in [-0.3, -0.25) is 0 Å². The van der Waals surface area contributed by atoms with Gasteiger partial charge in [0.25, 0.3) is 0 Å². The smallest absolute Gasteiger partial charge is 0.343 e. The molecule has 4 N–H and O–H groups in total. The molecule has 0 unspecified atom stereocenters. The molecule has 198 valence electrons. The van der Waals surface area contributed by atoms with Gasteiger partial charge >= 0.3 is 11.9 Å². The molecular formula is C32H22O8. The third kappa shape index (κ3) is 5.14. The number of phenolic OH excluding ortho intramolecular Hbond substituents is 4. The van der Waals surface area contributed by atoms with Crippen molar-refractivity contribution in [3.05, 3.63) is 120 Å². The monoisotopic (exact) mass is 534 g/mol. The zero-order chi connectivity index (χ0) is 28.2. The first-order valence-corrected chi connectivity index (χ1v) is 12.1. The molecule has 40 heavy (non-hydrogen) atoms. The first-order chi connectivity index (χ1) is 19.3. The van der Waals surface area contributed by atoms with E-state index >= 15 is 0 Å². The van der Waals surface area contributed by atoms with Crippen LogP contribution in [0, 0.1) is 0 Å². The van der Waals surface area contributed by atoms with Gasteiger partial charge in [-0.25, -0.2) is 9.59 Å². The summed E-state index contributed by atoms with van der Waals surface area (Å²) in [5.74, 6) is -3.78. The number of hydrogen-bond acceptors (Lipinski definition) is 8. The van der Waals surface area contributed by atoms with Crippen LogP contribution in [0.25, 0.3) is 22.3 Å². The Labute approximate surface area is 228 Å². The van der Waals surface area contributed by atoms with Crippen molar-refractivity contribution in [2.24, 2.45) is 0 Å². The van der Waals surface area contributed by atoms with Gasteiger partial charge in [0.2, 0.25) is 0 Å². The fourth-order valence-corrected chi connectivity index (χ4v) is 4.12. The van der Waals surface area contributed by atoms with Crippen LogP contribution in [0.5, 0.6) is 34.5 Å². The number of carbonyl (C=O) groups excluding carboxylic acids is 2. The minimum atomic E-state index is -0.820. The molecule has 5 rings (SSSR count). The molecule has 5 aromatic rings. The Bertz CT molecular complexity index is 1550. The summed E-state index contributed by atoms with van der Waals surface area (Å²) in [6.07, 6.45) is 0. The fourth-order valence-electron chi connectivity index (χ4n) is 4.12. The zero-order valence-electron chi connectivity index (χ0n) is 20.8. The quantitative estimate of drug-likeness (QED) is 0.114. The van der Waals surface area contributed by atoms with Gasteiger partial charge in [0.1, 0.15) is 11.5 Å². The second-order valence-electron chi connectivity index (χ2n) is 8.71. The number of benzene rings is 5. The van der Waals surface area contributed by atoms with Crippen LogP contribution in [-0.2, 0) is 0 Å². The molecule has 0 bridgehead atoms. The number of phenols is 4. The van der Waals surface area contributed by atoms with Crippen LogP contribution in [0.15, 0.2) is 109 Å². The summed E-state index contributed by atoms with van der Waals surface area (Å²) in [5.41, 5.74) is 0.545. The van der Waals surface area contributed by atoms with Crippen molar-refractivity contribution in [1.29, 1.82) is 0 Å². The molecule has 8 heteroatoms. The third-order valence-electron chi connectivity index (χ3n) is 6.08. The molecular weight excluding hydrogens is 512 g/mol. The molecule has 0 aromatic heterocycles. The van der Waals surface area contributed by atoms with E-state index in [1.54, 1.807) is 36.4 Å². The molecule has 0 spiro atoms. The molecule has 0 amide bonds. The summed E-state index contributed by atoms with van der Waals surface area (Å²) >= 11 is 0. The number of aromatic hydroxyl groups is 4. The molecule has 0 fully saturated rings. The van der Waals surface area contributed by atoms with Crippen LogP contribution in [0.2, 0.25) is 0 Å². The Balaban J connectivity index is 1.80. The van der Waals surface area contributed by atoms with E-state index in [1.807, 2.05) is 0 Å². The maximum atomic E-state index is 13.3. The van der Waals surface area contributed by atoms with Crippen LogP contribution >= 0.6 is 0 Å². The van der Waals surface area contributed by atoms with Crippen LogP contribution in [-0.4, -0.2) is 32.4 Å². The number of hydrogen-bond donors (Lipinski definition) is 4. The van der Waals surface area contributed by atoms with E-state index in [9.17, 15) is 30.0 Å². The molecule has 5 aromatic carbocycles. The van der Waals surface area contributed by atoms with E-state index in [1.165, 1.54) is 72.8 Å². The Hall–Kier alpha value is -5.76. The Morgan fingerprint density at radius 3 is 1.10 bits per heavy atom. The number of esters is 2. The molecule has 0 radical (unpaired) electrons. The lowest BCUT2D eigenvalue weighted by Gasteiger charge is -2.21. The average molecular weight is 535 g/mol. The van der Waals surface area contributed by atoms with Crippen LogP contribution in [0.3, 0.4) is 0 Å². The molecule has 0 saturated carbocycles. The molecule has 0 aliphatic carbocycles. The van der Waals surface area contributed by atoms with Crippen molar-refractivity contribution >= 4 is 11.9 Å². The van der Waals surface area contributed by atoms with E-state index < -0.39 is 23.4 Å². The third-order valence-corrected chi connectivity index (χ3v) is 6.08. The lowest BCUT2D eigenvalue weighted by molar-refractivity contribution is 0.0683. The Morgan fingerprint density at radius 1 is 0.450 bits per heavy atom. The number of ether oxygens (including phenoxy) is 2. The van der Waals surface area contributed by atoms with E-state index in [4.69, 9.17) is 9.47 Å². The normalized spacial score (nSPS) is 10.6. The summed E-state index contributed by atoms with van der Waals surface area (Å²) in [6.45, 7) is 0. The summed E-state index contributed by atoms with van der Waals surface area (Å²) in [4.78, 5) is 26.5. The van der Waals surface area contributed by atoms with E-state index in [2.05, 4.69) is 0 Å². The van der Waals surface area contributed by atoms with Crippen molar-refractivity contribution in [3.8, 4) is 56.8 Å². The molecule has 0 atom stereocenters. The van der Waals surface area contributed by atoms with Gasteiger partial charge in [0.15, 0.2) is 23.0 Å². The highest BCUT2D eigenvalue weighted by atomic mass is 16.6. The highest BCUT2D eigenvalue weighted by molar-refractivity contribution is 6.00.